The highest BCUT2D eigenvalue weighted by Gasteiger charge is 1.93. The molecule has 0 atom stereocenters. The molecule has 1 aromatic heterocycles. The standard InChI is InChI=1S/C9H14N4/c1-3-8-7-13(5-4-11-2)9(10)6-12-8/h4,6-7,10H,3,5H2,1-2H3/b10-9?,11-4-. The zero-order chi connectivity index (χ0) is 9.68. The van der Waals surface area contributed by atoms with Gasteiger partial charge in [0, 0.05) is 19.5 Å². The quantitative estimate of drug-likeness (QED) is 0.678. The van der Waals surface area contributed by atoms with Gasteiger partial charge in [0.2, 0.25) is 0 Å². The predicted molar refractivity (Wildman–Crippen MR) is 51.9 cm³/mol. The molecule has 70 valence electrons. The molecule has 1 aromatic rings. The molecule has 0 aliphatic rings. The van der Waals surface area contributed by atoms with E-state index in [0.29, 0.717) is 12.0 Å². The second-order valence-electron chi connectivity index (χ2n) is 2.71. The van der Waals surface area contributed by atoms with Crippen LogP contribution in [0.15, 0.2) is 17.4 Å². The van der Waals surface area contributed by atoms with E-state index in [1.807, 2.05) is 17.7 Å². The van der Waals surface area contributed by atoms with Gasteiger partial charge in [0.15, 0.2) is 0 Å². The molecule has 0 saturated heterocycles. The Morgan fingerprint density at radius 1 is 1.69 bits per heavy atom. The van der Waals surface area contributed by atoms with Gasteiger partial charge in [-0.3, -0.25) is 15.4 Å². The van der Waals surface area contributed by atoms with Crippen molar-refractivity contribution < 1.29 is 0 Å². The summed E-state index contributed by atoms with van der Waals surface area (Å²) in [6.45, 7) is 2.69. The van der Waals surface area contributed by atoms with Crippen molar-refractivity contribution in [2.24, 2.45) is 4.99 Å². The van der Waals surface area contributed by atoms with Crippen molar-refractivity contribution >= 4 is 6.21 Å². The third-order valence-corrected chi connectivity index (χ3v) is 1.79. The van der Waals surface area contributed by atoms with Crippen LogP contribution in [-0.2, 0) is 13.0 Å². The van der Waals surface area contributed by atoms with Crippen LogP contribution in [0.2, 0.25) is 0 Å². The molecule has 1 rings (SSSR count). The van der Waals surface area contributed by atoms with Gasteiger partial charge in [-0.25, -0.2) is 0 Å². The molecule has 0 saturated carbocycles. The average Bonchev–Trinajstić information content (AvgIpc) is 2.17. The lowest BCUT2D eigenvalue weighted by molar-refractivity contribution is 0.744. The van der Waals surface area contributed by atoms with Gasteiger partial charge in [-0.05, 0) is 6.42 Å². The summed E-state index contributed by atoms with van der Waals surface area (Å²) >= 11 is 0. The number of rotatable bonds is 3. The molecule has 1 N–H and O–H groups in total. The SMILES string of the molecule is CCc1cn(C/C=N\C)c(=N)cn1. The Morgan fingerprint density at radius 2 is 2.46 bits per heavy atom. The van der Waals surface area contributed by atoms with Crippen LogP contribution in [0.4, 0.5) is 0 Å². The lowest BCUT2D eigenvalue weighted by Crippen LogP contribution is -2.21. The highest BCUT2D eigenvalue weighted by atomic mass is 15.0. The first kappa shape index (κ1) is 9.64. The zero-order valence-electron chi connectivity index (χ0n) is 7.99. The molecule has 4 heteroatoms. The van der Waals surface area contributed by atoms with Crippen molar-refractivity contribution in [2.75, 3.05) is 7.05 Å². The summed E-state index contributed by atoms with van der Waals surface area (Å²) in [5, 5.41) is 7.56. The summed E-state index contributed by atoms with van der Waals surface area (Å²) in [5.41, 5.74) is 1.41. The Balaban J connectivity index is 2.97. The summed E-state index contributed by atoms with van der Waals surface area (Å²) in [7, 11) is 1.73. The first-order valence-corrected chi connectivity index (χ1v) is 4.28. The normalized spacial score (nSPS) is 10.9. The van der Waals surface area contributed by atoms with Gasteiger partial charge in [0.25, 0.3) is 0 Å². The molecule has 0 aliphatic carbocycles. The molecule has 0 spiro atoms. The van der Waals surface area contributed by atoms with Crippen LogP contribution in [0.1, 0.15) is 12.6 Å². The molecule has 4 nitrogen and oxygen atoms in total. The number of hydrogen-bond acceptors (Lipinski definition) is 3. The molecule has 1 heterocycles. The van der Waals surface area contributed by atoms with E-state index < -0.39 is 0 Å². The van der Waals surface area contributed by atoms with Gasteiger partial charge < -0.3 is 4.57 Å². The van der Waals surface area contributed by atoms with Gasteiger partial charge >= 0.3 is 0 Å². The van der Waals surface area contributed by atoms with E-state index in [-0.39, 0.29) is 0 Å². The maximum absolute atomic E-state index is 7.56. The van der Waals surface area contributed by atoms with Crippen molar-refractivity contribution in [3.8, 4) is 0 Å². The number of aromatic nitrogens is 2. The van der Waals surface area contributed by atoms with E-state index in [2.05, 4.69) is 9.98 Å². The summed E-state index contributed by atoms with van der Waals surface area (Å²) in [6, 6.07) is 0. The second-order valence-corrected chi connectivity index (χ2v) is 2.71. The molecular formula is C9H14N4. The average molecular weight is 178 g/mol. The molecule has 0 fully saturated rings. The smallest absolute Gasteiger partial charge is 0.143 e. The Kier molecular flexibility index (Phi) is 3.37. The molecule has 0 amide bonds. The van der Waals surface area contributed by atoms with E-state index in [1.165, 1.54) is 0 Å². The van der Waals surface area contributed by atoms with Crippen molar-refractivity contribution in [1.82, 2.24) is 9.55 Å². The summed E-state index contributed by atoms with van der Waals surface area (Å²) in [4.78, 5) is 7.99. The van der Waals surface area contributed by atoms with Gasteiger partial charge in [-0.1, -0.05) is 6.92 Å². The summed E-state index contributed by atoms with van der Waals surface area (Å²) in [6.07, 6.45) is 6.13. The number of aryl methyl sites for hydroxylation is 1. The molecular weight excluding hydrogens is 164 g/mol. The minimum Gasteiger partial charge on any atom is -0.325 e. The van der Waals surface area contributed by atoms with Crippen LogP contribution in [0.5, 0.6) is 0 Å². The van der Waals surface area contributed by atoms with Crippen LogP contribution in [0.3, 0.4) is 0 Å². The second kappa shape index (κ2) is 4.54. The van der Waals surface area contributed by atoms with Crippen molar-refractivity contribution in [3.63, 3.8) is 0 Å². The maximum atomic E-state index is 7.56. The van der Waals surface area contributed by atoms with E-state index in [0.717, 1.165) is 12.1 Å². The van der Waals surface area contributed by atoms with Crippen LogP contribution in [0, 0.1) is 5.41 Å². The third kappa shape index (κ3) is 2.50. The number of aliphatic imine (C=N–C) groups is 1. The van der Waals surface area contributed by atoms with E-state index >= 15 is 0 Å². The molecule has 0 unspecified atom stereocenters. The highest BCUT2D eigenvalue weighted by molar-refractivity contribution is 5.56. The Bertz CT molecular complexity index is 351. The predicted octanol–water partition coefficient (Wildman–Crippen LogP) is 0.626. The van der Waals surface area contributed by atoms with Gasteiger partial charge in [-0.2, -0.15) is 0 Å². The van der Waals surface area contributed by atoms with Crippen LogP contribution in [-0.4, -0.2) is 22.8 Å². The Morgan fingerprint density at radius 3 is 3.08 bits per heavy atom. The van der Waals surface area contributed by atoms with Gasteiger partial charge in [0.05, 0.1) is 18.4 Å². The lowest BCUT2D eigenvalue weighted by atomic mass is 10.3. The van der Waals surface area contributed by atoms with Crippen molar-refractivity contribution in [3.05, 3.63) is 23.6 Å². The van der Waals surface area contributed by atoms with E-state index in [9.17, 15) is 0 Å². The number of nitrogens with one attached hydrogen (secondary N) is 1. The molecule has 0 bridgehead atoms. The van der Waals surface area contributed by atoms with Crippen LogP contribution >= 0.6 is 0 Å². The van der Waals surface area contributed by atoms with Crippen LogP contribution < -0.4 is 5.49 Å². The van der Waals surface area contributed by atoms with E-state index in [1.54, 1.807) is 19.5 Å². The summed E-state index contributed by atoms with van der Waals surface area (Å²) < 4.78 is 1.82. The van der Waals surface area contributed by atoms with Gasteiger partial charge in [-0.15, -0.1) is 0 Å². The Hall–Kier alpha value is -1.45. The fourth-order valence-electron chi connectivity index (χ4n) is 1.00. The molecule has 13 heavy (non-hydrogen) atoms. The molecule has 0 aromatic carbocycles. The van der Waals surface area contributed by atoms with Crippen molar-refractivity contribution in [1.29, 1.82) is 5.41 Å². The fourth-order valence-corrected chi connectivity index (χ4v) is 1.00. The first-order valence-electron chi connectivity index (χ1n) is 4.28. The van der Waals surface area contributed by atoms with Gasteiger partial charge in [0.1, 0.15) is 5.49 Å². The molecule has 0 radical (unpaired) electrons. The minimum absolute atomic E-state index is 0.414. The van der Waals surface area contributed by atoms with Crippen LogP contribution in [0.25, 0.3) is 0 Å². The fraction of sp³-hybridized carbons (Fsp3) is 0.444. The largest absolute Gasteiger partial charge is 0.325 e. The minimum atomic E-state index is 0.414. The maximum Gasteiger partial charge on any atom is 0.143 e. The topological polar surface area (TPSA) is 54.0 Å². The van der Waals surface area contributed by atoms with Crippen molar-refractivity contribution in [2.45, 2.75) is 19.9 Å². The summed E-state index contributed by atoms with van der Waals surface area (Å²) in [5.74, 6) is 0. The Labute approximate surface area is 77.5 Å². The highest BCUT2D eigenvalue weighted by Crippen LogP contribution is 1.90. The third-order valence-electron chi connectivity index (χ3n) is 1.79. The zero-order valence-corrected chi connectivity index (χ0v) is 7.99. The van der Waals surface area contributed by atoms with E-state index in [4.69, 9.17) is 5.41 Å². The monoisotopic (exact) mass is 178 g/mol. The first-order chi connectivity index (χ1) is 6.27. The number of nitrogens with zero attached hydrogens (tertiary/aromatic N) is 3. The molecule has 0 aliphatic heterocycles. The lowest BCUT2D eigenvalue weighted by Gasteiger charge is -2.04. The number of hydrogen-bond donors (Lipinski definition) is 1.